The fraction of sp³-hybridized carbons (Fsp3) is 0.357. The molecule has 18 heavy (non-hydrogen) atoms. The van der Waals surface area contributed by atoms with Crippen LogP contribution in [-0.2, 0) is 6.54 Å². The highest BCUT2D eigenvalue weighted by Crippen LogP contribution is 2.22. The molecular weight excluding hydrogens is 248 g/mol. The number of benzene rings is 1. The molecule has 1 saturated carbocycles. The van der Waals surface area contributed by atoms with Crippen molar-refractivity contribution in [3.63, 3.8) is 0 Å². The highest BCUT2D eigenvalue weighted by molar-refractivity contribution is 6.31. The second-order valence-electron chi connectivity index (χ2n) is 4.43. The van der Waals surface area contributed by atoms with Crippen molar-refractivity contribution in [2.45, 2.75) is 32.2 Å². The summed E-state index contributed by atoms with van der Waals surface area (Å²) in [5.74, 6) is 0. The normalized spacial score (nSPS) is 14.4. The van der Waals surface area contributed by atoms with Gasteiger partial charge in [0.2, 0.25) is 0 Å². The number of carbonyl (C=O) groups is 1. The lowest BCUT2D eigenvalue weighted by atomic mass is 10.2. The molecule has 2 N–H and O–H groups in total. The summed E-state index contributed by atoms with van der Waals surface area (Å²) < 4.78 is 0. The molecule has 0 unspecified atom stereocenters. The SMILES string of the molecule is O=C(NC=C1CCCC1)NCc1ccccc1Cl. The Kier molecular flexibility index (Phi) is 4.65. The van der Waals surface area contributed by atoms with E-state index in [1.807, 2.05) is 30.5 Å². The van der Waals surface area contributed by atoms with Crippen molar-refractivity contribution in [2.24, 2.45) is 0 Å². The first kappa shape index (κ1) is 13.0. The Bertz CT molecular complexity index is 449. The average Bonchev–Trinajstić information content (AvgIpc) is 2.88. The first-order valence-corrected chi connectivity index (χ1v) is 6.59. The van der Waals surface area contributed by atoms with Gasteiger partial charge in [0.15, 0.2) is 0 Å². The Balaban J connectivity index is 1.78. The zero-order valence-corrected chi connectivity index (χ0v) is 11.0. The standard InChI is InChI=1S/C14H17ClN2O/c15-13-8-4-3-7-12(13)10-17-14(18)16-9-11-5-1-2-6-11/h3-4,7-9H,1-2,5-6,10H2,(H2,16,17,18). The van der Waals surface area contributed by atoms with E-state index in [1.165, 1.54) is 18.4 Å². The molecule has 0 atom stereocenters. The maximum Gasteiger partial charge on any atom is 0.319 e. The largest absolute Gasteiger partial charge is 0.334 e. The van der Waals surface area contributed by atoms with E-state index in [4.69, 9.17) is 11.6 Å². The number of allylic oxidation sites excluding steroid dienone is 1. The van der Waals surface area contributed by atoms with Crippen LogP contribution in [0.4, 0.5) is 4.79 Å². The summed E-state index contributed by atoms with van der Waals surface area (Å²) in [7, 11) is 0. The molecule has 1 aliphatic carbocycles. The molecule has 4 heteroatoms. The number of halogens is 1. The summed E-state index contributed by atoms with van der Waals surface area (Å²) in [6.45, 7) is 0.439. The molecule has 0 saturated heterocycles. The lowest BCUT2D eigenvalue weighted by Crippen LogP contribution is -2.31. The zero-order valence-electron chi connectivity index (χ0n) is 10.2. The quantitative estimate of drug-likeness (QED) is 0.861. The molecule has 2 rings (SSSR count). The minimum absolute atomic E-state index is 0.186. The number of nitrogens with one attached hydrogen (secondary N) is 2. The maximum absolute atomic E-state index is 11.6. The maximum atomic E-state index is 11.6. The van der Waals surface area contributed by atoms with Gasteiger partial charge in [-0.05, 0) is 37.3 Å². The molecule has 1 fully saturated rings. The van der Waals surface area contributed by atoms with Gasteiger partial charge in [-0.3, -0.25) is 0 Å². The number of amides is 2. The Labute approximate surface area is 112 Å². The van der Waals surface area contributed by atoms with Crippen LogP contribution in [0, 0.1) is 0 Å². The van der Waals surface area contributed by atoms with Crippen molar-refractivity contribution >= 4 is 17.6 Å². The van der Waals surface area contributed by atoms with Crippen LogP contribution in [0.1, 0.15) is 31.2 Å². The van der Waals surface area contributed by atoms with Gasteiger partial charge in [-0.2, -0.15) is 0 Å². The molecule has 1 aromatic rings. The van der Waals surface area contributed by atoms with Gasteiger partial charge in [0, 0.05) is 17.8 Å². The fourth-order valence-corrected chi connectivity index (χ4v) is 2.21. The Hall–Kier alpha value is -1.48. The van der Waals surface area contributed by atoms with Crippen LogP contribution in [0.25, 0.3) is 0 Å². The van der Waals surface area contributed by atoms with Crippen molar-refractivity contribution < 1.29 is 4.79 Å². The third-order valence-corrected chi connectivity index (χ3v) is 3.42. The third-order valence-electron chi connectivity index (χ3n) is 3.05. The summed E-state index contributed by atoms with van der Waals surface area (Å²) in [6.07, 6.45) is 6.49. The van der Waals surface area contributed by atoms with Crippen LogP contribution in [0.15, 0.2) is 36.0 Å². The molecule has 1 aromatic carbocycles. The van der Waals surface area contributed by atoms with Crippen molar-refractivity contribution in [3.05, 3.63) is 46.6 Å². The van der Waals surface area contributed by atoms with E-state index < -0.39 is 0 Å². The van der Waals surface area contributed by atoms with Gasteiger partial charge in [0.25, 0.3) is 0 Å². The van der Waals surface area contributed by atoms with Gasteiger partial charge >= 0.3 is 6.03 Å². The van der Waals surface area contributed by atoms with Crippen molar-refractivity contribution in [1.82, 2.24) is 10.6 Å². The minimum Gasteiger partial charge on any atom is -0.334 e. The minimum atomic E-state index is -0.186. The zero-order chi connectivity index (χ0) is 12.8. The Morgan fingerprint density at radius 1 is 1.28 bits per heavy atom. The molecule has 1 aliphatic rings. The molecule has 2 amide bonds. The van der Waals surface area contributed by atoms with Crippen LogP contribution in [-0.4, -0.2) is 6.03 Å². The van der Waals surface area contributed by atoms with Crippen molar-refractivity contribution in [1.29, 1.82) is 0 Å². The summed E-state index contributed by atoms with van der Waals surface area (Å²) >= 11 is 6.00. The smallest absolute Gasteiger partial charge is 0.319 e. The number of hydrogen-bond acceptors (Lipinski definition) is 1. The van der Waals surface area contributed by atoms with Gasteiger partial charge in [-0.1, -0.05) is 35.4 Å². The highest BCUT2D eigenvalue weighted by Gasteiger charge is 2.07. The van der Waals surface area contributed by atoms with Crippen LogP contribution < -0.4 is 10.6 Å². The molecule has 0 heterocycles. The van der Waals surface area contributed by atoms with Crippen LogP contribution in [0.3, 0.4) is 0 Å². The first-order chi connectivity index (χ1) is 8.75. The van der Waals surface area contributed by atoms with E-state index in [0.717, 1.165) is 18.4 Å². The summed E-state index contributed by atoms with van der Waals surface area (Å²) in [4.78, 5) is 11.6. The van der Waals surface area contributed by atoms with E-state index in [-0.39, 0.29) is 6.03 Å². The van der Waals surface area contributed by atoms with Crippen LogP contribution in [0.2, 0.25) is 5.02 Å². The third kappa shape index (κ3) is 3.77. The molecular formula is C14H17ClN2O. The van der Waals surface area contributed by atoms with E-state index in [1.54, 1.807) is 0 Å². The Morgan fingerprint density at radius 2 is 2.00 bits per heavy atom. The molecule has 0 spiro atoms. The van der Waals surface area contributed by atoms with Gasteiger partial charge in [0.05, 0.1) is 0 Å². The number of rotatable bonds is 3. The Morgan fingerprint density at radius 3 is 2.72 bits per heavy atom. The van der Waals surface area contributed by atoms with Gasteiger partial charge < -0.3 is 10.6 Å². The number of hydrogen-bond donors (Lipinski definition) is 2. The second kappa shape index (κ2) is 6.45. The van der Waals surface area contributed by atoms with Gasteiger partial charge in [-0.25, -0.2) is 4.79 Å². The molecule has 96 valence electrons. The predicted octanol–water partition coefficient (Wildman–Crippen LogP) is 3.60. The molecule has 0 radical (unpaired) electrons. The molecule has 0 bridgehead atoms. The molecule has 0 aliphatic heterocycles. The van der Waals surface area contributed by atoms with Crippen molar-refractivity contribution in [3.8, 4) is 0 Å². The lowest BCUT2D eigenvalue weighted by molar-refractivity contribution is 0.243. The van der Waals surface area contributed by atoms with E-state index in [2.05, 4.69) is 10.6 Å². The van der Waals surface area contributed by atoms with Crippen LogP contribution >= 0.6 is 11.6 Å². The van der Waals surface area contributed by atoms with Crippen molar-refractivity contribution in [2.75, 3.05) is 0 Å². The van der Waals surface area contributed by atoms with E-state index in [9.17, 15) is 4.79 Å². The second-order valence-corrected chi connectivity index (χ2v) is 4.84. The monoisotopic (exact) mass is 264 g/mol. The number of carbonyl (C=O) groups excluding carboxylic acids is 1. The summed E-state index contributed by atoms with van der Waals surface area (Å²) in [5.41, 5.74) is 2.24. The highest BCUT2D eigenvalue weighted by atomic mass is 35.5. The topological polar surface area (TPSA) is 41.1 Å². The van der Waals surface area contributed by atoms with Crippen LogP contribution in [0.5, 0.6) is 0 Å². The molecule has 3 nitrogen and oxygen atoms in total. The predicted molar refractivity (Wildman–Crippen MR) is 73.4 cm³/mol. The van der Waals surface area contributed by atoms with E-state index >= 15 is 0 Å². The fourth-order valence-electron chi connectivity index (χ4n) is 2.01. The molecule has 0 aromatic heterocycles. The average molecular weight is 265 g/mol. The summed E-state index contributed by atoms with van der Waals surface area (Å²) in [6, 6.07) is 7.31. The first-order valence-electron chi connectivity index (χ1n) is 6.21. The lowest BCUT2D eigenvalue weighted by Gasteiger charge is -2.06. The van der Waals surface area contributed by atoms with E-state index in [0.29, 0.717) is 11.6 Å². The van der Waals surface area contributed by atoms with Gasteiger partial charge in [-0.15, -0.1) is 0 Å². The summed E-state index contributed by atoms with van der Waals surface area (Å²) in [5, 5.41) is 6.22. The van der Waals surface area contributed by atoms with Gasteiger partial charge in [0.1, 0.15) is 0 Å². The number of urea groups is 1.